The minimum Gasteiger partial charge on any atom is -0.469 e. The number of ether oxygens (including phenoxy) is 1. The van der Waals surface area contributed by atoms with Crippen LogP contribution >= 0.6 is 11.7 Å². The number of hydrogen-bond donors (Lipinski definition) is 0. The number of hydrogen-bond acceptors (Lipinski definition) is 5. The predicted octanol–water partition coefficient (Wildman–Crippen LogP) is 4.20. The van der Waals surface area contributed by atoms with Gasteiger partial charge in [0.05, 0.1) is 11.7 Å². The zero-order chi connectivity index (χ0) is 23.2. The average Bonchev–Trinajstić information content (AvgIpc) is 3.06. The summed E-state index contributed by atoms with van der Waals surface area (Å²) in [4.78, 5) is 1.05. The van der Waals surface area contributed by atoms with Gasteiger partial charge in [0.25, 0.3) is 5.88 Å². The molecule has 0 fully saturated rings. The molecule has 2 rings (SSSR count). The molecule has 4 nitrogen and oxygen atoms in total. The van der Waals surface area contributed by atoms with Crippen molar-refractivity contribution in [2.24, 2.45) is 0 Å². The van der Waals surface area contributed by atoms with E-state index in [-0.39, 0.29) is 30.8 Å². The molecule has 1 aliphatic heterocycles. The molecule has 0 saturated heterocycles. The summed E-state index contributed by atoms with van der Waals surface area (Å²) in [5.41, 5.74) is -0.0535. The molecular weight excluding hydrogens is 410 g/mol. The lowest BCUT2D eigenvalue weighted by atomic mass is 10.00. The SMILES string of the molecule is [2H]C([2H])([2H])N1CCC=C(c2nsnc2OCC(F)(F)C(F)(F)C(F)(F)C(C)(F)F)C1. The van der Waals surface area contributed by atoms with Gasteiger partial charge in [0, 0.05) is 24.1 Å². The van der Waals surface area contributed by atoms with Crippen molar-refractivity contribution in [1.82, 2.24) is 13.6 Å². The van der Waals surface area contributed by atoms with Crippen molar-refractivity contribution in [2.45, 2.75) is 37.0 Å². The van der Waals surface area contributed by atoms with Crippen LogP contribution < -0.4 is 4.74 Å². The second kappa shape index (κ2) is 7.15. The zero-order valence-corrected chi connectivity index (χ0v) is 14.4. The minimum atomic E-state index is -6.44. The van der Waals surface area contributed by atoms with Crippen LogP contribution in [-0.4, -0.2) is 64.0 Å². The fraction of sp³-hybridized carbons (Fsp3) is 0.714. The fourth-order valence-electron chi connectivity index (χ4n) is 2.14. The van der Waals surface area contributed by atoms with Gasteiger partial charge in [-0.3, -0.25) is 0 Å². The lowest BCUT2D eigenvalue weighted by Gasteiger charge is -2.35. The minimum absolute atomic E-state index is 0.151. The van der Waals surface area contributed by atoms with Gasteiger partial charge >= 0.3 is 23.7 Å². The molecule has 0 unspecified atom stereocenters. The van der Waals surface area contributed by atoms with E-state index < -0.39 is 50.1 Å². The molecule has 2 heterocycles. The van der Waals surface area contributed by atoms with E-state index in [2.05, 4.69) is 13.5 Å². The summed E-state index contributed by atoms with van der Waals surface area (Å²) >= 11 is 0.411. The highest BCUT2D eigenvalue weighted by Gasteiger charge is 2.79. The van der Waals surface area contributed by atoms with Crippen LogP contribution in [0.5, 0.6) is 5.88 Å². The number of nitrogens with zero attached hydrogens (tertiary/aromatic N) is 3. The molecular formula is C14H15F8N3OS. The van der Waals surface area contributed by atoms with Crippen molar-refractivity contribution in [3.63, 3.8) is 0 Å². The number of halogens is 8. The van der Waals surface area contributed by atoms with E-state index in [4.69, 9.17) is 4.11 Å². The van der Waals surface area contributed by atoms with Gasteiger partial charge in [-0.15, -0.1) is 4.37 Å². The van der Waals surface area contributed by atoms with Crippen molar-refractivity contribution in [3.8, 4) is 5.88 Å². The molecule has 154 valence electrons. The Morgan fingerprint density at radius 1 is 1.15 bits per heavy atom. The van der Waals surface area contributed by atoms with Crippen molar-refractivity contribution >= 4 is 17.3 Å². The number of aromatic nitrogens is 2. The molecule has 0 N–H and O–H groups in total. The Labute approximate surface area is 157 Å². The van der Waals surface area contributed by atoms with Crippen LogP contribution in [0.2, 0.25) is 0 Å². The van der Waals surface area contributed by atoms with E-state index in [1.54, 1.807) is 0 Å². The van der Waals surface area contributed by atoms with Crippen LogP contribution in [0.15, 0.2) is 6.08 Å². The summed E-state index contributed by atoms with van der Waals surface area (Å²) in [6.45, 7) is -5.54. The van der Waals surface area contributed by atoms with Crippen molar-refractivity contribution in [1.29, 1.82) is 0 Å². The summed E-state index contributed by atoms with van der Waals surface area (Å²) < 4.78 is 141. The summed E-state index contributed by atoms with van der Waals surface area (Å²) in [5, 5.41) is 0. The molecule has 0 amide bonds. The van der Waals surface area contributed by atoms with Gasteiger partial charge in [-0.1, -0.05) is 6.08 Å². The Kier molecular flexibility index (Phi) is 4.66. The maximum Gasteiger partial charge on any atom is 0.381 e. The third-order valence-corrected chi connectivity index (χ3v) is 4.22. The summed E-state index contributed by atoms with van der Waals surface area (Å²) in [7, 11) is 0. The quantitative estimate of drug-likeness (QED) is 0.611. The van der Waals surface area contributed by atoms with Crippen molar-refractivity contribution in [2.75, 3.05) is 26.7 Å². The van der Waals surface area contributed by atoms with Gasteiger partial charge in [0.15, 0.2) is 6.61 Å². The molecule has 0 aliphatic carbocycles. The van der Waals surface area contributed by atoms with Crippen molar-refractivity contribution in [3.05, 3.63) is 11.8 Å². The average molecular weight is 428 g/mol. The van der Waals surface area contributed by atoms with Gasteiger partial charge in [0.1, 0.15) is 5.69 Å². The lowest BCUT2D eigenvalue weighted by Crippen LogP contribution is -2.62. The van der Waals surface area contributed by atoms with Crippen LogP contribution in [0.3, 0.4) is 0 Å². The first kappa shape index (κ1) is 17.6. The zero-order valence-electron chi connectivity index (χ0n) is 16.6. The Balaban J connectivity index is 2.20. The molecule has 27 heavy (non-hydrogen) atoms. The third-order valence-electron chi connectivity index (χ3n) is 3.71. The van der Waals surface area contributed by atoms with Crippen LogP contribution in [-0.2, 0) is 0 Å². The Morgan fingerprint density at radius 3 is 2.41 bits per heavy atom. The lowest BCUT2D eigenvalue weighted by molar-refractivity contribution is -0.365. The van der Waals surface area contributed by atoms with Gasteiger partial charge < -0.3 is 9.64 Å². The molecule has 0 radical (unpaired) electrons. The Bertz CT molecular complexity index is 794. The normalized spacial score (nSPS) is 19.9. The second-order valence-electron chi connectivity index (χ2n) is 5.89. The first-order chi connectivity index (χ1) is 13.4. The smallest absolute Gasteiger partial charge is 0.381 e. The van der Waals surface area contributed by atoms with E-state index in [9.17, 15) is 35.1 Å². The molecule has 1 aliphatic rings. The molecule has 0 bridgehead atoms. The first-order valence-corrected chi connectivity index (χ1v) is 8.06. The van der Waals surface area contributed by atoms with E-state index in [0.29, 0.717) is 11.7 Å². The number of likely N-dealkylation sites (N-methyl/N-ethyl adjacent to an activating group) is 1. The molecule has 1 aromatic heterocycles. The van der Waals surface area contributed by atoms with Crippen LogP contribution in [0.1, 0.15) is 23.2 Å². The molecule has 0 spiro atoms. The summed E-state index contributed by atoms with van der Waals surface area (Å²) in [6, 6.07) is 0. The van der Waals surface area contributed by atoms with Gasteiger partial charge in [-0.25, -0.2) is 0 Å². The first-order valence-electron chi connectivity index (χ1n) is 8.83. The number of alkyl halides is 8. The fourth-order valence-corrected chi connectivity index (χ4v) is 2.67. The second-order valence-corrected chi connectivity index (χ2v) is 6.42. The molecule has 1 aromatic rings. The van der Waals surface area contributed by atoms with Crippen molar-refractivity contribution < 1.29 is 44.0 Å². The van der Waals surface area contributed by atoms with E-state index in [1.807, 2.05) is 0 Å². The molecule has 0 aromatic carbocycles. The highest BCUT2D eigenvalue weighted by molar-refractivity contribution is 6.99. The summed E-state index contributed by atoms with van der Waals surface area (Å²) in [5.74, 6) is -24.7. The number of rotatable bonds is 7. The molecule has 13 heteroatoms. The highest BCUT2D eigenvalue weighted by atomic mass is 32.1. The Hall–Kier alpha value is -1.50. The largest absolute Gasteiger partial charge is 0.469 e. The topological polar surface area (TPSA) is 38.2 Å². The highest BCUT2D eigenvalue weighted by Crippen LogP contribution is 2.52. The maximum atomic E-state index is 13.8. The van der Waals surface area contributed by atoms with Gasteiger partial charge in [0.2, 0.25) is 0 Å². The van der Waals surface area contributed by atoms with E-state index >= 15 is 0 Å². The summed E-state index contributed by atoms with van der Waals surface area (Å²) in [6.07, 6.45) is 1.74. The van der Waals surface area contributed by atoms with Gasteiger partial charge in [-0.05, 0) is 19.0 Å². The van der Waals surface area contributed by atoms with Crippen LogP contribution in [0.25, 0.3) is 5.57 Å². The van der Waals surface area contributed by atoms with E-state index in [1.165, 1.54) is 6.08 Å². The van der Waals surface area contributed by atoms with Gasteiger partial charge in [-0.2, -0.15) is 39.5 Å². The maximum absolute atomic E-state index is 13.8. The standard InChI is InChI=1S/C14H15F8N3OS/c1-11(15,16)13(19,20)14(21,22)12(17,18)7-26-10-9(23-27-24-10)8-4-3-5-25(2)6-8/h4H,3,5-7H2,1-2H3/i2D3. The van der Waals surface area contributed by atoms with Crippen LogP contribution in [0, 0.1) is 0 Å². The van der Waals surface area contributed by atoms with E-state index in [0.717, 1.165) is 4.90 Å². The van der Waals surface area contributed by atoms with Crippen LogP contribution in [0.4, 0.5) is 35.1 Å². The monoisotopic (exact) mass is 428 g/mol. The Morgan fingerprint density at radius 2 is 1.81 bits per heavy atom. The molecule has 0 saturated carbocycles. The predicted molar refractivity (Wildman–Crippen MR) is 81.0 cm³/mol. The third kappa shape index (κ3) is 4.03. The molecule has 0 atom stereocenters.